The molecule has 0 spiro atoms. The first-order valence-corrected chi connectivity index (χ1v) is 39.5. The lowest BCUT2D eigenvalue weighted by Gasteiger charge is -2.40. The quantitative estimate of drug-likeness (QED) is 0.0261. The van der Waals surface area contributed by atoms with E-state index >= 15 is 0 Å². The summed E-state index contributed by atoms with van der Waals surface area (Å²) in [6.07, 6.45) is 90.8. The van der Waals surface area contributed by atoms with Crippen LogP contribution >= 0.6 is 0 Å². The van der Waals surface area contributed by atoms with Gasteiger partial charge in [0.25, 0.3) is 0 Å². The molecule has 1 fully saturated rings. The highest BCUT2D eigenvalue weighted by Gasteiger charge is 2.44. The molecule has 90 heavy (non-hydrogen) atoms. The van der Waals surface area contributed by atoms with Crippen molar-refractivity contribution in [2.45, 2.75) is 436 Å². The van der Waals surface area contributed by atoms with Crippen LogP contribution in [0.5, 0.6) is 0 Å². The van der Waals surface area contributed by atoms with Crippen molar-refractivity contribution in [2.75, 3.05) is 13.2 Å². The normalized spacial score (nSPS) is 18.1. The van der Waals surface area contributed by atoms with Crippen LogP contribution in [0.1, 0.15) is 393 Å². The summed E-state index contributed by atoms with van der Waals surface area (Å²) in [5.41, 5.74) is 0. The highest BCUT2D eigenvalue weighted by molar-refractivity contribution is 5.76. The predicted octanol–water partition coefficient (Wildman–Crippen LogP) is 22.5. The number of amides is 1. The third-order valence-corrected chi connectivity index (χ3v) is 18.8. The van der Waals surface area contributed by atoms with Crippen molar-refractivity contribution >= 4 is 5.91 Å². The number of hydrogen-bond donors (Lipinski definition) is 6. The molecule has 1 saturated heterocycles. The summed E-state index contributed by atoms with van der Waals surface area (Å²) < 4.78 is 11.3. The maximum atomic E-state index is 13.2. The number of rotatable bonds is 70. The van der Waals surface area contributed by atoms with E-state index in [2.05, 4.69) is 67.8 Å². The number of aliphatic hydroxyl groups excluding tert-OH is 5. The Bertz CT molecular complexity index is 1610. The van der Waals surface area contributed by atoms with Crippen LogP contribution in [-0.4, -0.2) is 87.5 Å². The molecule has 1 amide bonds. The second-order valence-corrected chi connectivity index (χ2v) is 27.5. The van der Waals surface area contributed by atoms with Gasteiger partial charge < -0.3 is 40.3 Å². The van der Waals surface area contributed by atoms with Crippen molar-refractivity contribution in [1.82, 2.24) is 5.32 Å². The van der Waals surface area contributed by atoms with Crippen molar-refractivity contribution in [2.24, 2.45) is 0 Å². The first kappa shape index (κ1) is 85.9. The maximum absolute atomic E-state index is 13.2. The van der Waals surface area contributed by atoms with Gasteiger partial charge in [0.05, 0.1) is 25.4 Å². The molecule has 6 N–H and O–H groups in total. The lowest BCUT2D eigenvalue weighted by molar-refractivity contribution is -0.302. The van der Waals surface area contributed by atoms with E-state index in [0.717, 1.165) is 51.4 Å². The lowest BCUT2D eigenvalue weighted by atomic mass is 9.99. The molecule has 7 atom stereocenters. The molecule has 7 unspecified atom stereocenters. The third kappa shape index (κ3) is 57.3. The van der Waals surface area contributed by atoms with Gasteiger partial charge in [0.1, 0.15) is 24.4 Å². The summed E-state index contributed by atoms with van der Waals surface area (Å²) in [4.78, 5) is 13.2. The van der Waals surface area contributed by atoms with Crippen molar-refractivity contribution in [3.8, 4) is 0 Å². The molecule has 0 bridgehead atoms. The number of aliphatic hydroxyl groups is 5. The maximum Gasteiger partial charge on any atom is 0.220 e. The van der Waals surface area contributed by atoms with Gasteiger partial charge >= 0.3 is 0 Å². The number of ether oxygens (including phenoxy) is 2. The van der Waals surface area contributed by atoms with E-state index in [1.54, 1.807) is 6.08 Å². The average Bonchev–Trinajstić information content (AvgIpc) is 1.28. The van der Waals surface area contributed by atoms with Crippen molar-refractivity contribution in [1.29, 1.82) is 0 Å². The van der Waals surface area contributed by atoms with Crippen molar-refractivity contribution in [3.05, 3.63) is 60.8 Å². The van der Waals surface area contributed by atoms with E-state index in [0.29, 0.717) is 6.42 Å². The minimum absolute atomic E-state index is 0.180. The number of nitrogens with one attached hydrogen (secondary N) is 1. The highest BCUT2D eigenvalue weighted by atomic mass is 16.7. The Balaban J connectivity index is 2.08. The fourth-order valence-electron chi connectivity index (χ4n) is 12.7. The molecule has 9 heteroatoms. The third-order valence-electron chi connectivity index (χ3n) is 18.8. The van der Waals surface area contributed by atoms with Gasteiger partial charge in [0.15, 0.2) is 6.29 Å². The highest BCUT2D eigenvalue weighted by Crippen LogP contribution is 2.24. The Morgan fingerprint density at radius 3 is 1.01 bits per heavy atom. The molecule has 0 aromatic heterocycles. The molecule has 1 aliphatic heterocycles. The molecule has 1 rings (SSSR count). The standard InChI is InChI=1S/C81H151NO8/c1-3-5-7-9-11-13-15-17-19-21-23-25-27-29-31-33-35-36-37-38-39-40-41-43-45-47-49-51-53-55-57-59-61-63-65-67-69-71-77(85)82-74(73-89-81-80(88)79(87)78(86)76(72-83)90-81)75(84)70-68-66-64-62-60-58-56-54-52-50-48-46-44-42-34-32-30-28-26-24-22-20-18-16-14-12-10-8-6-4-2/h15,17,21,23,27,29,60,62,68,70,74-76,78-81,83-84,86-88H,3-14,16,18-20,22,24-26,28,30-59,61,63-67,69,71-73H2,1-2H3,(H,82,85)/b17-15-,23-21-,29-27-,62-60+,70-68+. The SMILES string of the molecule is CCCCCCC/C=C\C/C=C\C/C=C\CCCCCCCCCCCCCCCCCCCCCCCCC(=O)NC(COC1OC(CO)C(O)C(O)C1O)C(O)/C=C/CC/C=C/CCCCCCCCCCCCCCCCCCCCCCCCCC. The summed E-state index contributed by atoms with van der Waals surface area (Å²) in [5.74, 6) is -0.180. The van der Waals surface area contributed by atoms with Gasteiger partial charge in [-0.1, -0.05) is 376 Å². The van der Waals surface area contributed by atoms with E-state index in [-0.39, 0.29) is 12.5 Å². The second-order valence-electron chi connectivity index (χ2n) is 27.5. The molecular formula is C81H151NO8. The smallest absolute Gasteiger partial charge is 0.220 e. The van der Waals surface area contributed by atoms with Crippen LogP contribution in [0.2, 0.25) is 0 Å². The molecule has 1 aliphatic rings. The van der Waals surface area contributed by atoms with Crippen LogP contribution in [0, 0.1) is 0 Å². The van der Waals surface area contributed by atoms with Gasteiger partial charge in [0, 0.05) is 6.42 Å². The molecule has 0 radical (unpaired) electrons. The Kier molecular flexibility index (Phi) is 66.5. The number of unbranched alkanes of at least 4 members (excludes halogenated alkanes) is 52. The van der Waals surface area contributed by atoms with Crippen LogP contribution in [0.15, 0.2) is 60.8 Å². The van der Waals surface area contributed by atoms with Gasteiger partial charge in [-0.25, -0.2) is 0 Å². The van der Waals surface area contributed by atoms with Gasteiger partial charge in [-0.2, -0.15) is 0 Å². The summed E-state index contributed by atoms with van der Waals surface area (Å²) in [6, 6.07) is -0.824. The Morgan fingerprint density at radius 1 is 0.378 bits per heavy atom. The van der Waals surface area contributed by atoms with Crippen LogP contribution in [0.25, 0.3) is 0 Å². The van der Waals surface area contributed by atoms with Crippen LogP contribution in [0.4, 0.5) is 0 Å². The minimum Gasteiger partial charge on any atom is -0.394 e. The number of hydrogen-bond acceptors (Lipinski definition) is 8. The van der Waals surface area contributed by atoms with Crippen LogP contribution in [-0.2, 0) is 14.3 Å². The van der Waals surface area contributed by atoms with E-state index in [1.807, 2.05) is 6.08 Å². The summed E-state index contributed by atoms with van der Waals surface area (Å²) in [5, 5.41) is 54.9. The first-order chi connectivity index (χ1) is 44.3. The van der Waals surface area contributed by atoms with Gasteiger partial charge in [0.2, 0.25) is 5.91 Å². The molecule has 0 aliphatic carbocycles. The minimum atomic E-state index is -1.57. The second kappa shape index (κ2) is 69.7. The molecule has 1 heterocycles. The number of carbonyl (C=O) groups excluding carboxylic acids is 1. The molecule has 528 valence electrons. The van der Waals surface area contributed by atoms with E-state index in [1.165, 1.54) is 321 Å². The zero-order chi connectivity index (χ0) is 64.9. The molecule has 0 saturated carbocycles. The van der Waals surface area contributed by atoms with Crippen LogP contribution in [0.3, 0.4) is 0 Å². The summed E-state index contributed by atoms with van der Waals surface area (Å²) in [6.45, 7) is 3.81. The van der Waals surface area contributed by atoms with Gasteiger partial charge in [-0.05, 0) is 70.6 Å². The van der Waals surface area contributed by atoms with Crippen LogP contribution < -0.4 is 5.32 Å². The zero-order valence-electron chi connectivity index (χ0n) is 59.4. The molecule has 0 aromatic rings. The molecular weight excluding hydrogens is 1110 g/mol. The van der Waals surface area contributed by atoms with Crippen molar-refractivity contribution in [3.63, 3.8) is 0 Å². The van der Waals surface area contributed by atoms with E-state index in [4.69, 9.17) is 9.47 Å². The predicted molar refractivity (Wildman–Crippen MR) is 387 cm³/mol. The Hall–Kier alpha value is -2.11. The number of allylic oxidation sites excluding steroid dienone is 9. The van der Waals surface area contributed by atoms with E-state index < -0.39 is 49.5 Å². The summed E-state index contributed by atoms with van der Waals surface area (Å²) >= 11 is 0. The van der Waals surface area contributed by atoms with Crippen molar-refractivity contribution < 1.29 is 39.8 Å². The fraction of sp³-hybridized carbons (Fsp3) is 0.864. The fourth-order valence-corrected chi connectivity index (χ4v) is 12.7. The van der Waals surface area contributed by atoms with Gasteiger partial charge in [-0.3, -0.25) is 4.79 Å². The Labute approximate surface area is 557 Å². The summed E-state index contributed by atoms with van der Waals surface area (Å²) in [7, 11) is 0. The number of carbonyl (C=O) groups is 1. The first-order valence-electron chi connectivity index (χ1n) is 39.5. The lowest BCUT2D eigenvalue weighted by Crippen LogP contribution is -2.60. The Morgan fingerprint density at radius 2 is 0.667 bits per heavy atom. The largest absolute Gasteiger partial charge is 0.394 e. The van der Waals surface area contributed by atoms with Gasteiger partial charge in [-0.15, -0.1) is 0 Å². The topological polar surface area (TPSA) is 149 Å². The van der Waals surface area contributed by atoms with E-state index in [9.17, 15) is 30.3 Å². The monoisotopic (exact) mass is 1270 g/mol. The zero-order valence-corrected chi connectivity index (χ0v) is 59.4. The average molecular weight is 1270 g/mol. The molecule has 0 aromatic carbocycles. The molecule has 9 nitrogen and oxygen atoms in total.